The Morgan fingerprint density at radius 2 is 1.80 bits per heavy atom. The zero-order chi connectivity index (χ0) is 14.9. The largest absolute Gasteiger partial charge is 0.393 e. The number of morpholine rings is 1. The molecule has 20 heavy (non-hydrogen) atoms. The molecule has 2 heterocycles. The van der Waals surface area contributed by atoms with Crippen LogP contribution in [0.15, 0.2) is 0 Å². The summed E-state index contributed by atoms with van der Waals surface area (Å²) in [5.74, 6) is -1.44. The number of alkyl halides is 3. The molecule has 2 aliphatic rings. The normalized spacial score (nSPS) is 36.0. The molecule has 0 radical (unpaired) electrons. The van der Waals surface area contributed by atoms with E-state index in [9.17, 15) is 18.0 Å². The average molecular weight is 294 g/mol. The first-order valence-corrected chi connectivity index (χ1v) is 7.01. The topological polar surface area (TPSA) is 41.6 Å². The fourth-order valence-electron chi connectivity index (χ4n) is 2.92. The molecule has 0 aromatic carbocycles. The van der Waals surface area contributed by atoms with Crippen LogP contribution in [0, 0.1) is 5.92 Å². The molecule has 116 valence electrons. The molecular formula is C13H21F3N2O2. The summed E-state index contributed by atoms with van der Waals surface area (Å²) in [4.78, 5) is 14.0. The molecular weight excluding hydrogens is 273 g/mol. The number of carbonyl (C=O) groups excluding carboxylic acids is 1. The molecule has 0 saturated carbocycles. The standard InChI is InChI=1S/C13H21F3N2O2/c1-8-6-18(7-9(2)20-8)12(19)11-4-3-10(5-17-11)13(14,15)16/h8-11,17H,3-7H2,1-2H3/t8-,9+,10?,11?. The number of hydrogen-bond donors (Lipinski definition) is 1. The van der Waals surface area contributed by atoms with Crippen molar-refractivity contribution < 1.29 is 22.7 Å². The predicted octanol–water partition coefficient (Wildman–Crippen LogP) is 1.55. The lowest BCUT2D eigenvalue weighted by Gasteiger charge is -2.39. The van der Waals surface area contributed by atoms with Gasteiger partial charge in [0.25, 0.3) is 0 Å². The quantitative estimate of drug-likeness (QED) is 0.798. The fourth-order valence-corrected chi connectivity index (χ4v) is 2.92. The molecule has 0 aliphatic carbocycles. The number of nitrogens with one attached hydrogen (secondary N) is 1. The highest BCUT2D eigenvalue weighted by Crippen LogP contribution is 2.32. The molecule has 0 aromatic heterocycles. The lowest BCUT2D eigenvalue weighted by atomic mass is 9.93. The first-order valence-electron chi connectivity index (χ1n) is 7.01. The zero-order valence-corrected chi connectivity index (χ0v) is 11.7. The van der Waals surface area contributed by atoms with E-state index in [-0.39, 0.29) is 37.5 Å². The van der Waals surface area contributed by atoms with E-state index in [4.69, 9.17) is 4.74 Å². The summed E-state index contributed by atoms with van der Waals surface area (Å²) in [5.41, 5.74) is 0. The third kappa shape index (κ3) is 3.63. The number of carbonyl (C=O) groups is 1. The summed E-state index contributed by atoms with van der Waals surface area (Å²) in [5, 5.41) is 2.75. The van der Waals surface area contributed by atoms with Crippen molar-refractivity contribution in [1.82, 2.24) is 10.2 Å². The number of amides is 1. The first kappa shape index (κ1) is 15.6. The van der Waals surface area contributed by atoms with Crippen LogP contribution in [0.1, 0.15) is 26.7 Å². The average Bonchev–Trinajstić information content (AvgIpc) is 2.36. The Hall–Kier alpha value is -0.820. The Morgan fingerprint density at radius 1 is 1.20 bits per heavy atom. The summed E-state index contributed by atoms with van der Waals surface area (Å²) in [6.07, 6.45) is -3.99. The minimum atomic E-state index is -4.18. The molecule has 2 aliphatic heterocycles. The van der Waals surface area contributed by atoms with E-state index in [2.05, 4.69) is 5.32 Å². The van der Waals surface area contributed by atoms with E-state index in [1.54, 1.807) is 4.90 Å². The molecule has 2 unspecified atom stereocenters. The third-order valence-electron chi connectivity index (χ3n) is 3.91. The number of halogens is 3. The fraction of sp³-hybridized carbons (Fsp3) is 0.923. The maximum atomic E-state index is 12.6. The molecule has 4 nitrogen and oxygen atoms in total. The van der Waals surface area contributed by atoms with Crippen molar-refractivity contribution in [2.45, 2.75) is 51.1 Å². The van der Waals surface area contributed by atoms with E-state index in [1.807, 2.05) is 13.8 Å². The Labute approximate surface area is 116 Å². The highest BCUT2D eigenvalue weighted by molar-refractivity contribution is 5.82. The summed E-state index contributed by atoms with van der Waals surface area (Å²) in [6, 6.07) is -0.494. The van der Waals surface area contributed by atoms with Gasteiger partial charge < -0.3 is 15.0 Å². The summed E-state index contributed by atoms with van der Waals surface area (Å²) < 4.78 is 43.3. The van der Waals surface area contributed by atoms with Gasteiger partial charge in [0.05, 0.1) is 24.2 Å². The van der Waals surface area contributed by atoms with Gasteiger partial charge in [0, 0.05) is 19.6 Å². The van der Waals surface area contributed by atoms with Gasteiger partial charge in [-0.3, -0.25) is 4.79 Å². The number of rotatable bonds is 1. The molecule has 0 spiro atoms. The monoisotopic (exact) mass is 294 g/mol. The second-order valence-corrected chi connectivity index (χ2v) is 5.78. The molecule has 4 atom stereocenters. The Morgan fingerprint density at radius 3 is 2.25 bits per heavy atom. The van der Waals surface area contributed by atoms with E-state index >= 15 is 0 Å². The van der Waals surface area contributed by atoms with Gasteiger partial charge in [0.1, 0.15) is 0 Å². The Bertz CT molecular complexity index is 344. The van der Waals surface area contributed by atoms with Crippen molar-refractivity contribution in [3.05, 3.63) is 0 Å². The van der Waals surface area contributed by atoms with Crippen LogP contribution in [0.25, 0.3) is 0 Å². The van der Waals surface area contributed by atoms with Crippen LogP contribution in [0.5, 0.6) is 0 Å². The predicted molar refractivity (Wildman–Crippen MR) is 67.2 cm³/mol. The van der Waals surface area contributed by atoms with Gasteiger partial charge >= 0.3 is 6.18 Å². The molecule has 1 N–H and O–H groups in total. The van der Waals surface area contributed by atoms with Gasteiger partial charge in [-0.1, -0.05) is 0 Å². The molecule has 1 amide bonds. The number of ether oxygens (including phenoxy) is 1. The van der Waals surface area contributed by atoms with Crippen molar-refractivity contribution in [3.8, 4) is 0 Å². The van der Waals surface area contributed by atoms with Gasteiger partial charge in [-0.15, -0.1) is 0 Å². The van der Waals surface area contributed by atoms with Gasteiger partial charge in [-0.2, -0.15) is 13.2 Å². The SMILES string of the molecule is C[C@@H]1CN(C(=O)C2CCC(C(F)(F)F)CN2)C[C@H](C)O1. The van der Waals surface area contributed by atoms with Crippen LogP contribution in [0.2, 0.25) is 0 Å². The van der Waals surface area contributed by atoms with Gasteiger partial charge in [-0.25, -0.2) is 0 Å². The summed E-state index contributed by atoms with van der Waals surface area (Å²) in [7, 11) is 0. The second-order valence-electron chi connectivity index (χ2n) is 5.78. The van der Waals surface area contributed by atoms with Crippen molar-refractivity contribution in [1.29, 1.82) is 0 Å². The van der Waals surface area contributed by atoms with Gasteiger partial charge in [-0.05, 0) is 26.7 Å². The molecule has 2 fully saturated rings. The first-order chi connectivity index (χ1) is 9.27. The third-order valence-corrected chi connectivity index (χ3v) is 3.91. The van der Waals surface area contributed by atoms with Crippen molar-refractivity contribution in [3.63, 3.8) is 0 Å². The second kappa shape index (κ2) is 5.89. The van der Waals surface area contributed by atoms with Crippen LogP contribution in [0.3, 0.4) is 0 Å². The molecule has 7 heteroatoms. The van der Waals surface area contributed by atoms with E-state index in [0.717, 1.165) is 0 Å². The number of hydrogen-bond acceptors (Lipinski definition) is 3. The Balaban J connectivity index is 1.88. The molecule has 2 rings (SSSR count). The summed E-state index contributed by atoms with van der Waals surface area (Å²) in [6.45, 7) is 4.62. The minimum Gasteiger partial charge on any atom is -0.372 e. The lowest BCUT2D eigenvalue weighted by Crippen LogP contribution is -2.56. The number of nitrogens with zero attached hydrogens (tertiary/aromatic N) is 1. The van der Waals surface area contributed by atoms with E-state index in [1.165, 1.54) is 0 Å². The minimum absolute atomic E-state index is 0.0162. The maximum absolute atomic E-state index is 12.6. The number of piperidine rings is 1. The Kier molecular flexibility index (Phi) is 4.59. The van der Waals surface area contributed by atoms with Crippen LogP contribution in [-0.4, -0.2) is 54.9 Å². The zero-order valence-electron chi connectivity index (χ0n) is 11.7. The van der Waals surface area contributed by atoms with Crippen molar-refractivity contribution in [2.24, 2.45) is 5.92 Å². The molecule has 0 aromatic rings. The molecule has 0 bridgehead atoms. The van der Waals surface area contributed by atoms with E-state index in [0.29, 0.717) is 13.1 Å². The van der Waals surface area contributed by atoms with Crippen LogP contribution in [-0.2, 0) is 9.53 Å². The van der Waals surface area contributed by atoms with Gasteiger partial charge in [0.15, 0.2) is 0 Å². The van der Waals surface area contributed by atoms with Gasteiger partial charge in [0.2, 0.25) is 5.91 Å². The van der Waals surface area contributed by atoms with Crippen LogP contribution in [0.4, 0.5) is 13.2 Å². The summed E-state index contributed by atoms with van der Waals surface area (Å²) >= 11 is 0. The smallest absolute Gasteiger partial charge is 0.372 e. The van der Waals surface area contributed by atoms with Crippen LogP contribution >= 0.6 is 0 Å². The molecule has 2 saturated heterocycles. The van der Waals surface area contributed by atoms with Crippen molar-refractivity contribution in [2.75, 3.05) is 19.6 Å². The lowest BCUT2D eigenvalue weighted by molar-refractivity contribution is -0.181. The van der Waals surface area contributed by atoms with Crippen LogP contribution < -0.4 is 5.32 Å². The highest BCUT2D eigenvalue weighted by Gasteiger charge is 2.43. The highest BCUT2D eigenvalue weighted by atomic mass is 19.4. The van der Waals surface area contributed by atoms with Crippen molar-refractivity contribution >= 4 is 5.91 Å². The van der Waals surface area contributed by atoms with E-state index < -0.39 is 18.1 Å². The maximum Gasteiger partial charge on any atom is 0.393 e.